The van der Waals surface area contributed by atoms with Crippen molar-refractivity contribution in [3.8, 4) is 22.4 Å². The lowest BCUT2D eigenvalue weighted by Gasteiger charge is -2.06. The van der Waals surface area contributed by atoms with E-state index in [-0.39, 0.29) is 5.75 Å². The molecule has 0 aliphatic rings. The van der Waals surface area contributed by atoms with Crippen LogP contribution in [0.2, 0.25) is 0 Å². The number of fused-ring (bicyclic) bond motifs is 1. The van der Waals surface area contributed by atoms with Crippen LogP contribution in [-0.4, -0.2) is 33.2 Å². The highest BCUT2D eigenvalue weighted by atomic mass is 32.2. The Bertz CT molecular complexity index is 1250. The van der Waals surface area contributed by atoms with Gasteiger partial charge in [-0.3, -0.25) is 14.6 Å². The number of benzene rings is 1. The van der Waals surface area contributed by atoms with Gasteiger partial charge in [0.25, 0.3) is 0 Å². The van der Waals surface area contributed by atoms with Gasteiger partial charge >= 0.3 is 0 Å². The maximum atomic E-state index is 11.3. The van der Waals surface area contributed by atoms with Crippen LogP contribution >= 0.6 is 0 Å². The quantitative estimate of drug-likeness (QED) is 0.578. The Hall–Kier alpha value is -3.17. The zero-order chi connectivity index (χ0) is 19.0. The van der Waals surface area contributed by atoms with E-state index in [1.807, 2.05) is 31.4 Å². The van der Waals surface area contributed by atoms with Crippen molar-refractivity contribution in [3.63, 3.8) is 0 Å². The van der Waals surface area contributed by atoms with E-state index < -0.39 is 10.0 Å². The number of nitrogens with two attached hydrogens (primary N) is 1. The number of aryl methyl sites for hydroxylation is 1. The summed E-state index contributed by atoms with van der Waals surface area (Å²) in [4.78, 5) is 13.3. The van der Waals surface area contributed by atoms with Crippen molar-refractivity contribution >= 4 is 21.1 Å². The molecule has 0 unspecified atom stereocenters. The zero-order valence-corrected chi connectivity index (χ0v) is 15.3. The van der Waals surface area contributed by atoms with E-state index >= 15 is 0 Å². The minimum atomic E-state index is -3.62. The summed E-state index contributed by atoms with van der Waals surface area (Å²) in [5.41, 5.74) is 5.29. The smallest absolute Gasteiger partial charge is 0.213 e. The first-order chi connectivity index (χ1) is 12.9. The molecule has 0 fully saturated rings. The third kappa shape index (κ3) is 3.83. The fourth-order valence-corrected chi connectivity index (χ4v) is 3.46. The first-order valence-corrected chi connectivity index (χ1v) is 9.79. The van der Waals surface area contributed by atoms with Crippen molar-refractivity contribution in [2.75, 3.05) is 0 Å². The first-order valence-electron chi connectivity index (χ1n) is 8.08. The molecule has 0 aliphatic heterocycles. The molecular formula is C18H16N6O2S. The van der Waals surface area contributed by atoms with Crippen LogP contribution in [0, 0.1) is 0 Å². The average Bonchev–Trinajstić information content (AvgIpc) is 3.06. The Balaban J connectivity index is 1.75. The van der Waals surface area contributed by atoms with Crippen LogP contribution in [0.1, 0.15) is 5.56 Å². The van der Waals surface area contributed by atoms with Gasteiger partial charge in [0.2, 0.25) is 10.0 Å². The predicted molar refractivity (Wildman–Crippen MR) is 102 cm³/mol. The second-order valence-electron chi connectivity index (χ2n) is 6.25. The molecule has 0 amide bonds. The molecule has 27 heavy (non-hydrogen) atoms. The Morgan fingerprint density at radius 1 is 1.00 bits per heavy atom. The molecule has 0 bridgehead atoms. The number of aromatic nitrogens is 5. The molecule has 4 rings (SSSR count). The number of hydrogen-bond acceptors (Lipinski definition) is 6. The molecule has 0 atom stereocenters. The highest BCUT2D eigenvalue weighted by Gasteiger charge is 2.09. The normalized spacial score (nSPS) is 11.8. The summed E-state index contributed by atoms with van der Waals surface area (Å²) in [5.74, 6) is -0.258. The highest BCUT2D eigenvalue weighted by Crippen LogP contribution is 2.25. The minimum Gasteiger partial charge on any atom is -0.275 e. The standard InChI is InChI=1S/C18H16N6O2S/c1-24-10-15(8-22-24)18-9-21-16-3-2-13(5-17(16)23-18)14-4-12(6-20-7-14)11-27(19,25)26/h2-10H,11H2,1H3,(H2,19,25,26). The van der Waals surface area contributed by atoms with Gasteiger partial charge in [0.1, 0.15) is 0 Å². The lowest BCUT2D eigenvalue weighted by atomic mass is 10.1. The van der Waals surface area contributed by atoms with Crippen LogP contribution in [0.5, 0.6) is 0 Å². The summed E-state index contributed by atoms with van der Waals surface area (Å²) in [7, 11) is -1.77. The molecule has 4 aromatic rings. The Morgan fingerprint density at radius 2 is 1.85 bits per heavy atom. The molecule has 3 aromatic heterocycles. The van der Waals surface area contributed by atoms with Gasteiger partial charge in [-0.2, -0.15) is 5.10 Å². The SMILES string of the molecule is Cn1cc(-c2cnc3ccc(-c4cncc(CS(N)(=O)=O)c4)cc3n2)cn1. The molecule has 136 valence electrons. The van der Waals surface area contributed by atoms with Gasteiger partial charge in [-0.05, 0) is 29.3 Å². The molecule has 0 saturated carbocycles. The number of primary sulfonamides is 1. The van der Waals surface area contributed by atoms with Gasteiger partial charge in [-0.1, -0.05) is 6.07 Å². The number of hydrogen-bond donors (Lipinski definition) is 1. The largest absolute Gasteiger partial charge is 0.275 e. The van der Waals surface area contributed by atoms with Crippen LogP contribution < -0.4 is 5.14 Å². The summed E-state index contributed by atoms with van der Waals surface area (Å²) in [6, 6.07) is 7.44. The molecule has 9 heteroatoms. The van der Waals surface area contributed by atoms with Crippen molar-refractivity contribution in [1.82, 2.24) is 24.7 Å². The molecule has 0 spiro atoms. The Morgan fingerprint density at radius 3 is 2.59 bits per heavy atom. The lowest BCUT2D eigenvalue weighted by molar-refractivity contribution is 0.597. The highest BCUT2D eigenvalue weighted by molar-refractivity contribution is 7.88. The van der Waals surface area contributed by atoms with E-state index in [0.29, 0.717) is 5.56 Å². The van der Waals surface area contributed by atoms with Crippen LogP contribution in [0.3, 0.4) is 0 Å². The van der Waals surface area contributed by atoms with Crippen molar-refractivity contribution in [2.24, 2.45) is 12.2 Å². The molecule has 3 heterocycles. The molecule has 8 nitrogen and oxygen atoms in total. The van der Waals surface area contributed by atoms with E-state index in [4.69, 9.17) is 5.14 Å². The van der Waals surface area contributed by atoms with Crippen LogP contribution in [-0.2, 0) is 22.8 Å². The minimum absolute atomic E-state index is 0.258. The van der Waals surface area contributed by atoms with Crippen molar-refractivity contribution in [2.45, 2.75) is 5.75 Å². The maximum Gasteiger partial charge on any atom is 0.213 e. The van der Waals surface area contributed by atoms with Gasteiger partial charge in [0.05, 0.1) is 34.9 Å². The Labute approximate surface area is 155 Å². The molecule has 0 saturated heterocycles. The molecule has 0 radical (unpaired) electrons. The molecule has 1 aromatic carbocycles. The first kappa shape index (κ1) is 17.3. The van der Waals surface area contributed by atoms with Gasteiger partial charge in [0, 0.05) is 36.8 Å². The average molecular weight is 380 g/mol. The van der Waals surface area contributed by atoms with Crippen molar-refractivity contribution in [1.29, 1.82) is 0 Å². The third-order valence-corrected chi connectivity index (χ3v) is 4.77. The van der Waals surface area contributed by atoms with E-state index in [1.165, 1.54) is 6.20 Å². The molecule has 0 aliphatic carbocycles. The topological polar surface area (TPSA) is 117 Å². The van der Waals surface area contributed by atoms with Gasteiger partial charge in [-0.25, -0.2) is 18.5 Å². The maximum absolute atomic E-state index is 11.3. The predicted octanol–water partition coefficient (Wildman–Crippen LogP) is 1.88. The summed E-state index contributed by atoms with van der Waals surface area (Å²) in [6.45, 7) is 0. The van der Waals surface area contributed by atoms with Gasteiger partial charge in [-0.15, -0.1) is 0 Å². The molecular weight excluding hydrogens is 364 g/mol. The van der Waals surface area contributed by atoms with Crippen molar-refractivity contribution < 1.29 is 8.42 Å². The molecule has 2 N–H and O–H groups in total. The van der Waals surface area contributed by atoms with E-state index in [0.717, 1.165) is 33.4 Å². The van der Waals surface area contributed by atoms with Gasteiger partial charge in [0.15, 0.2) is 0 Å². The van der Waals surface area contributed by atoms with E-state index in [2.05, 4.69) is 20.1 Å². The fraction of sp³-hybridized carbons (Fsp3) is 0.111. The monoisotopic (exact) mass is 380 g/mol. The summed E-state index contributed by atoms with van der Waals surface area (Å²) in [6.07, 6.45) is 8.50. The number of pyridine rings is 1. The fourth-order valence-electron chi connectivity index (χ4n) is 2.84. The summed E-state index contributed by atoms with van der Waals surface area (Å²) >= 11 is 0. The number of sulfonamides is 1. The van der Waals surface area contributed by atoms with E-state index in [1.54, 1.807) is 29.3 Å². The van der Waals surface area contributed by atoms with Gasteiger partial charge < -0.3 is 0 Å². The van der Waals surface area contributed by atoms with E-state index in [9.17, 15) is 8.42 Å². The number of nitrogens with zero attached hydrogens (tertiary/aromatic N) is 5. The van der Waals surface area contributed by atoms with Crippen LogP contribution in [0.4, 0.5) is 0 Å². The van der Waals surface area contributed by atoms with Crippen molar-refractivity contribution in [3.05, 3.63) is 60.8 Å². The summed E-state index contributed by atoms with van der Waals surface area (Å²) in [5, 5.41) is 9.28. The second kappa shape index (κ2) is 6.53. The van der Waals surface area contributed by atoms with Crippen LogP contribution in [0.15, 0.2) is 55.2 Å². The summed E-state index contributed by atoms with van der Waals surface area (Å²) < 4.78 is 24.4. The lowest BCUT2D eigenvalue weighted by Crippen LogP contribution is -2.14. The Kier molecular flexibility index (Phi) is 4.17. The van der Waals surface area contributed by atoms with Crippen LogP contribution in [0.25, 0.3) is 33.4 Å². The number of rotatable bonds is 4. The third-order valence-electron chi connectivity index (χ3n) is 4.04. The second-order valence-corrected chi connectivity index (χ2v) is 7.86. The zero-order valence-electron chi connectivity index (χ0n) is 14.4.